The Labute approximate surface area is 116 Å². The van der Waals surface area contributed by atoms with E-state index in [0.717, 1.165) is 5.56 Å². The van der Waals surface area contributed by atoms with Gasteiger partial charge in [0.25, 0.3) is 0 Å². The Morgan fingerprint density at radius 2 is 1.89 bits per heavy atom. The highest BCUT2D eigenvalue weighted by atomic mass is 35.5. The van der Waals surface area contributed by atoms with Crippen molar-refractivity contribution in [1.29, 1.82) is 0 Å². The number of rotatable bonds is 3. The molecule has 0 bridgehead atoms. The van der Waals surface area contributed by atoms with Crippen LogP contribution in [0.2, 0.25) is 10.0 Å². The molecule has 2 aromatic rings. The standard InChI is InChI=1S/C14H11Cl2NO/c1-9-5-10(8-17-7-9)14(18)6-11-12(15)3-2-4-13(11)16/h2-5,7-8H,6H2,1H3. The molecule has 0 unspecified atom stereocenters. The van der Waals surface area contributed by atoms with Crippen LogP contribution in [0.15, 0.2) is 36.7 Å². The van der Waals surface area contributed by atoms with E-state index >= 15 is 0 Å². The summed E-state index contributed by atoms with van der Waals surface area (Å²) in [6.45, 7) is 1.90. The van der Waals surface area contributed by atoms with Crippen molar-refractivity contribution in [3.63, 3.8) is 0 Å². The van der Waals surface area contributed by atoms with Crippen molar-refractivity contribution in [2.45, 2.75) is 13.3 Å². The number of ketones is 1. The molecule has 0 N–H and O–H groups in total. The largest absolute Gasteiger partial charge is 0.294 e. The third-order valence-electron chi connectivity index (χ3n) is 2.60. The maximum absolute atomic E-state index is 12.1. The van der Waals surface area contributed by atoms with Gasteiger partial charge >= 0.3 is 0 Å². The number of aryl methyl sites for hydroxylation is 1. The quantitative estimate of drug-likeness (QED) is 0.791. The van der Waals surface area contributed by atoms with Crippen molar-refractivity contribution in [2.24, 2.45) is 0 Å². The Hall–Kier alpha value is -1.38. The summed E-state index contributed by atoms with van der Waals surface area (Å²) >= 11 is 12.1. The second kappa shape index (κ2) is 5.51. The molecular formula is C14H11Cl2NO. The second-order valence-electron chi connectivity index (χ2n) is 4.05. The van der Waals surface area contributed by atoms with E-state index in [1.54, 1.807) is 36.7 Å². The summed E-state index contributed by atoms with van der Waals surface area (Å²) < 4.78 is 0. The molecule has 18 heavy (non-hydrogen) atoms. The van der Waals surface area contributed by atoms with Crippen LogP contribution >= 0.6 is 23.2 Å². The van der Waals surface area contributed by atoms with Gasteiger partial charge in [-0.25, -0.2) is 0 Å². The van der Waals surface area contributed by atoms with Crippen LogP contribution in [-0.2, 0) is 6.42 Å². The zero-order chi connectivity index (χ0) is 13.1. The number of aromatic nitrogens is 1. The molecule has 4 heteroatoms. The number of hydrogen-bond donors (Lipinski definition) is 0. The predicted octanol–water partition coefficient (Wildman–Crippen LogP) is 4.12. The molecule has 0 atom stereocenters. The van der Waals surface area contributed by atoms with Gasteiger partial charge in [-0.15, -0.1) is 0 Å². The van der Waals surface area contributed by atoms with E-state index in [1.165, 1.54) is 0 Å². The first kappa shape index (κ1) is 13.1. The third kappa shape index (κ3) is 2.89. The van der Waals surface area contributed by atoms with E-state index in [0.29, 0.717) is 21.2 Å². The Morgan fingerprint density at radius 3 is 2.50 bits per heavy atom. The van der Waals surface area contributed by atoms with E-state index < -0.39 is 0 Å². The van der Waals surface area contributed by atoms with Crippen LogP contribution in [0.3, 0.4) is 0 Å². The average molecular weight is 280 g/mol. The Kier molecular flexibility index (Phi) is 4.00. The number of nitrogens with zero attached hydrogens (tertiary/aromatic N) is 1. The van der Waals surface area contributed by atoms with Gasteiger partial charge in [-0.2, -0.15) is 0 Å². The molecule has 1 heterocycles. The van der Waals surface area contributed by atoms with Crippen LogP contribution in [0.5, 0.6) is 0 Å². The summed E-state index contributed by atoms with van der Waals surface area (Å²) in [5.41, 5.74) is 2.18. The summed E-state index contributed by atoms with van der Waals surface area (Å²) in [4.78, 5) is 16.1. The molecule has 92 valence electrons. The SMILES string of the molecule is Cc1cncc(C(=O)Cc2c(Cl)cccc2Cl)c1. The molecule has 1 aromatic carbocycles. The van der Waals surface area contributed by atoms with Crippen LogP contribution in [0, 0.1) is 6.92 Å². The lowest BCUT2D eigenvalue weighted by Gasteiger charge is -2.06. The molecule has 0 radical (unpaired) electrons. The number of halogens is 2. The fourth-order valence-electron chi connectivity index (χ4n) is 1.67. The fourth-order valence-corrected chi connectivity index (χ4v) is 2.20. The molecule has 2 rings (SSSR count). The molecule has 0 fully saturated rings. The molecule has 0 aliphatic heterocycles. The predicted molar refractivity (Wildman–Crippen MR) is 73.5 cm³/mol. The summed E-state index contributed by atoms with van der Waals surface area (Å²) in [6, 6.07) is 7.02. The highest BCUT2D eigenvalue weighted by molar-refractivity contribution is 6.36. The summed E-state index contributed by atoms with van der Waals surface area (Å²) in [6.07, 6.45) is 3.45. The van der Waals surface area contributed by atoms with Crippen LogP contribution in [0.25, 0.3) is 0 Å². The molecule has 0 saturated carbocycles. The molecule has 0 amide bonds. The first-order valence-electron chi connectivity index (χ1n) is 5.45. The van der Waals surface area contributed by atoms with Crippen molar-refractivity contribution in [1.82, 2.24) is 4.98 Å². The second-order valence-corrected chi connectivity index (χ2v) is 4.87. The number of benzene rings is 1. The molecule has 2 nitrogen and oxygen atoms in total. The lowest BCUT2D eigenvalue weighted by atomic mass is 10.0. The lowest BCUT2D eigenvalue weighted by Crippen LogP contribution is -2.05. The number of carbonyl (C=O) groups is 1. The smallest absolute Gasteiger partial charge is 0.168 e. The topological polar surface area (TPSA) is 30.0 Å². The van der Waals surface area contributed by atoms with Gasteiger partial charge in [-0.3, -0.25) is 9.78 Å². The van der Waals surface area contributed by atoms with E-state index in [2.05, 4.69) is 4.98 Å². The van der Waals surface area contributed by atoms with Crippen LogP contribution in [0.4, 0.5) is 0 Å². The van der Waals surface area contributed by atoms with E-state index in [9.17, 15) is 4.79 Å². The minimum absolute atomic E-state index is 0.0406. The minimum atomic E-state index is -0.0406. The number of carbonyl (C=O) groups excluding carboxylic acids is 1. The Bertz CT molecular complexity index is 576. The zero-order valence-corrected chi connectivity index (χ0v) is 11.3. The molecule has 1 aromatic heterocycles. The van der Waals surface area contributed by atoms with E-state index in [1.807, 2.05) is 6.92 Å². The number of hydrogen-bond acceptors (Lipinski definition) is 2. The molecule has 0 saturated heterocycles. The summed E-state index contributed by atoms with van der Waals surface area (Å²) in [7, 11) is 0. The van der Waals surface area contributed by atoms with Gasteiger partial charge in [-0.05, 0) is 36.2 Å². The van der Waals surface area contributed by atoms with Crippen LogP contribution in [0.1, 0.15) is 21.5 Å². The molecular weight excluding hydrogens is 269 g/mol. The normalized spacial score (nSPS) is 10.4. The van der Waals surface area contributed by atoms with Gasteiger partial charge < -0.3 is 0 Å². The average Bonchev–Trinajstić information content (AvgIpc) is 2.34. The van der Waals surface area contributed by atoms with E-state index in [4.69, 9.17) is 23.2 Å². The Morgan fingerprint density at radius 1 is 1.22 bits per heavy atom. The van der Waals surface area contributed by atoms with Gasteiger partial charge in [0.05, 0.1) is 0 Å². The third-order valence-corrected chi connectivity index (χ3v) is 3.30. The maximum Gasteiger partial charge on any atom is 0.168 e. The van der Waals surface area contributed by atoms with Gasteiger partial charge in [0.15, 0.2) is 5.78 Å². The highest BCUT2D eigenvalue weighted by Gasteiger charge is 2.12. The van der Waals surface area contributed by atoms with Gasteiger partial charge in [0, 0.05) is 34.4 Å². The number of pyridine rings is 1. The Balaban J connectivity index is 2.27. The lowest BCUT2D eigenvalue weighted by molar-refractivity contribution is 0.0992. The zero-order valence-electron chi connectivity index (χ0n) is 9.78. The van der Waals surface area contributed by atoms with Crippen LogP contribution in [-0.4, -0.2) is 10.8 Å². The number of Topliss-reactive ketones (excluding diaryl/α,β-unsaturated/α-hetero) is 1. The first-order valence-corrected chi connectivity index (χ1v) is 6.21. The van der Waals surface area contributed by atoms with Gasteiger partial charge in [0.2, 0.25) is 0 Å². The summed E-state index contributed by atoms with van der Waals surface area (Å²) in [5, 5.41) is 1.02. The maximum atomic E-state index is 12.1. The highest BCUT2D eigenvalue weighted by Crippen LogP contribution is 2.25. The molecule has 0 aliphatic carbocycles. The summed E-state index contributed by atoms with van der Waals surface area (Å²) in [5.74, 6) is -0.0406. The van der Waals surface area contributed by atoms with Gasteiger partial charge in [0.1, 0.15) is 0 Å². The van der Waals surface area contributed by atoms with Crippen molar-refractivity contribution < 1.29 is 4.79 Å². The minimum Gasteiger partial charge on any atom is -0.294 e. The van der Waals surface area contributed by atoms with Crippen molar-refractivity contribution >= 4 is 29.0 Å². The molecule has 0 spiro atoms. The van der Waals surface area contributed by atoms with Gasteiger partial charge in [-0.1, -0.05) is 29.3 Å². The first-order chi connectivity index (χ1) is 8.58. The van der Waals surface area contributed by atoms with Crippen molar-refractivity contribution in [3.05, 3.63) is 63.4 Å². The van der Waals surface area contributed by atoms with E-state index in [-0.39, 0.29) is 12.2 Å². The fraction of sp³-hybridized carbons (Fsp3) is 0.143. The van der Waals surface area contributed by atoms with Crippen molar-refractivity contribution in [2.75, 3.05) is 0 Å². The monoisotopic (exact) mass is 279 g/mol. The van der Waals surface area contributed by atoms with Crippen LogP contribution < -0.4 is 0 Å². The van der Waals surface area contributed by atoms with Crippen molar-refractivity contribution in [3.8, 4) is 0 Å². The molecule has 0 aliphatic rings.